The number of anilines is 1. The summed E-state index contributed by atoms with van der Waals surface area (Å²) in [5.74, 6) is 0.944. The van der Waals surface area contributed by atoms with E-state index in [2.05, 4.69) is 41.6 Å². The van der Waals surface area contributed by atoms with Crippen LogP contribution in [0.4, 0.5) is 5.82 Å². The second kappa shape index (κ2) is 6.77. The average molecular weight is 297 g/mol. The van der Waals surface area contributed by atoms with Crippen LogP contribution in [0.2, 0.25) is 0 Å². The lowest BCUT2D eigenvalue weighted by Gasteiger charge is -2.19. The molecule has 1 amide bonds. The second-order valence-corrected chi connectivity index (χ2v) is 6.21. The number of aryl methyl sites for hydroxylation is 1. The number of carbonyl (C=O) groups is 1. The standard InChI is InChI=1S/C18H23N3O/c1-14-6-5-7-15(12-14)13-21-11-10-17(20-21)19-18(22)16-8-3-2-4-9-16/h5-7,10-12,16H,2-4,8-9,13H2,1H3,(H,19,20,22). The van der Waals surface area contributed by atoms with Crippen LogP contribution in [-0.2, 0) is 11.3 Å². The molecule has 1 heterocycles. The molecule has 1 aromatic carbocycles. The van der Waals surface area contributed by atoms with E-state index >= 15 is 0 Å². The number of aromatic nitrogens is 2. The fourth-order valence-corrected chi connectivity index (χ4v) is 3.11. The molecule has 3 rings (SSSR count). The lowest BCUT2D eigenvalue weighted by Crippen LogP contribution is -2.25. The van der Waals surface area contributed by atoms with E-state index < -0.39 is 0 Å². The Hall–Kier alpha value is -2.10. The van der Waals surface area contributed by atoms with Crippen LogP contribution in [0.3, 0.4) is 0 Å². The fourth-order valence-electron chi connectivity index (χ4n) is 3.11. The smallest absolute Gasteiger partial charge is 0.228 e. The van der Waals surface area contributed by atoms with Crippen molar-refractivity contribution in [3.8, 4) is 0 Å². The second-order valence-electron chi connectivity index (χ2n) is 6.21. The lowest BCUT2D eigenvalue weighted by atomic mass is 9.89. The molecule has 1 N–H and O–H groups in total. The average Bonchev–Trinajstić information content (AvgIpc) is 2.95. The summed E-state index contributed by atoms with van der Waals surface area (Å²) in [4.78, 5) is 12.2. The van der Waals surface area contributed by atoms with E-state index in [1.54, 1.807) is 0 Å². The maximum absolute atomic E-state index is 12.2. The van der Waals surface area contributed by atoms with Gasteiger partial charge in [0.15, 0.2) is 5.82 Å². The molecule has 116 valence electrons. The van der Waals surface area contributed by atoms with Crippen LogP contribution >= 0.6 is 0 Å². The predicted octanol–water partition coefficient (Wildman–Crippen LogP) is 3.76. The minimum absolute atomic E-state index is 0.125. The summed E-state index contributed by atoms with van der Waals surface area (Å²) in [5.41, 5.74) is 2.46. The molecule has 0 atom stereocenters. The molecular weight excluding hydrogens is 274 g/mol. The number of amides is 1. The molecule has 1 aliphatic carbocycles. The molecule has 0 aliphatic heterocycles. The van der Waals surface area contributed by atoms with E-state index in [9.17, 15) is 4.79 Å². The Morgan fingerprint density at radius 3 is 2.86 bits per heavy atom. The molecule has 2 aromatic rings. The summed E-state index contributed by atoms with van der Waals surface area (Å²) in [7, 11) is 0. The molecule has 1 aromatic heterocycles. The zero-order valence-corrected chi connectivity index (χ0v) is 13.1. The first kappa shape index (κ1) is 14.8. The Bertz CT molecular complexity index is 641. The highest BCUT2D eigenvalue weighted by molar-refractivity contribution is 5.91. The molecule has 4 nitrogen and oxygen atoms in total. The number of nitrogens with one attached hydrogen (secondary N) is 1. The molecule has 0 unspecified atom stereocenters. The first-order valence-corrected chi connectivity index (χ1v) is 8.10. The van der Waals surface area contributed by atoms with Crippen molar-refractivity contribution < 1.29 is 4.79 Å². The van der Waals surface area contributed by atoms with Crippen LogP contribution in [0.25, 0.3) is 0 Å². The van der Waals surface area contributed by atoms with Crippen LogP contribution in [0.15, 0.2) is 36.5 Å². The van der Waals surface area contributed by atoms with Gasteiger partial charge in [-0.2, -0.15) is 5.10 Å². The van der Waals surface area contributed by atoms with Gasteiger partial charge in [-0.3, -0.25) is 9.48 Å². The van der Waals surface area contributed by atoms with Crippen molar-refractivity contribution in [3.05, 3.63) is 47.7 Å². The lowest BCUT2D eigenvalue weighted by molar-refractivity contribution is -0.120. The van der Waals surface area contributed by atoms with Crippen molar-refractivity contribution in [2.45, 2.75) is 45.6 Å². The maximum atomic E-state index is 12.2. The van der Waals surface area contributed by atoms with Crippen LogP contribution in [0, 0.1) is 12.8 Å². The summed E-state index contributed by atoms with van der Waals surface area (Å²) < 4.78 is 1.87. The highest BCUT2D eigenvalue weighted by Gasteiger charge is 2.21. The van der Waals surface area contributed by atoms with Gasteiger partial charge in [-0.1, -0.05) is 49.1 Å². The van der Waals surface area contributed by atoms with Gasteiger partial charge in [0.05, 0.1) is 6.54 Å². The SMILES string of the molecule is Cc1cccc(Cn2ccc(NC(=O)C3CCCCC3)n2)c1. The summed E-state index contributed by atoms with van der Waals surface area (Å²) in [5, 5.41) is 7.41. The van der Waals surface area contributed by atoms with Crippen molar-refractivity contribution in [1.29, 1.82) is 0 Å². The van der Waals surface area contributed by atoms with Crippen LogP contribution < -0.4 is 5.32 Å². The summed E-state index contributed by atoms with van der Waals surface area (Å²) >= 11 is 0. The first-order valence-electron chi connectivity index (χ1n) is 8.10. The topological polar surface area (TPSA) is 46.9 Å². The molecule has 0 bridgehead atoms. The highest BCUT2D eigenvalue weighted by Crippen LogP contribution is 2.24. The number of benzene rings is 1. The molecule has 1 fully saturated rings. The van der Waals surface area contributed by atoms with Gasteiger partial charge in [0, 0.05) is 18.2 Å². The number of hydrogen-bond acceptors (Lipinski definition) is 2. The van der Waals surface area contributed by atoms with Gasteiger partial charge in [0.2, 0.25) is 5.91 Å². The highest BCUT2D eigenvalue weighted by atomic mass is 16.2. The Morgan fingerprint density at radius 1 is 1.27 bits per heavy atom. The summed E-state index contributed by atoms with van der Waals surface area (Å²) in [6, 6.07) is 10.3. The Morgan fingerprint density at radius 2 is 2.09 bits per heavy atom. The minimum Gasteiger partial charge on any atom is -0.309 e. The zero-order chi connectivity index (χ0) is 15.4. The van der Waals surface area contributed by atoms with Crippen molar-refractivity contribution in [3.63, 3.8) is 0 Å². The third kappa shape index (κ3) is 3.75. The molecular formula is C18H23N3O. The van der Waals surface area contributed by atoms with E-state index in [1.165, 1.54) is 30.4 Å². The van der Waals surface area contributed by atoms with E-state index in [0.29, 0.717) is 5.82 Å². The maximum Gasteiger partial charge on any atom is 0.228 e. The van der Waals surface area contributed by atoms with E-state index in [-0.39, 0.29) is 11.8 Å². The van der Waals surface area contributed by atoms with Crippen molar-refractivity contribution in [2.24, 2.45) is 5.92 Å². The van der Waals surface area contributed by atoms with E-state index in [4.69, 9.17) is 0 Å². The molecule has 1 aliphatic rings. The molecule has 4 heteroatoms. The molecule has 22 heavy (non-hydrogen) atoms. The van der Waals surface area contributed by atoms with Gasteiger partial charge in [0.25, 0.3) is 0 Å². The summed E-state index contributed by atoms with van der Waals surface area (Å²) in [6.07, 6.45) is 7.53. The number of carbonyl (C=O) groups excluding carboxylic acids is 1. The fraction of sp³-hybridized carbons (Fsp3) is 0.444. The molecule has 0 spiro atoms. The van der Waals surface area contributed by atoms with Crippen molar-refractivity contribution >= 4 is 11.7 Å². The van der Waals surface area contributed by atoms with Crippen LogP contribution in [-0.4, -0.2) is 15.7 Å². The summed E-state index contributed by atoms with van der Waals surface area (Å²) in [6.45, 7) is 2.81. The number of rotatable bonds is 4. The Kier molecular flexibility index (Phi) is 4.56. The van der Waals surface area contributed by atoms with Gasteiger partial charge in [0.1, 0.15) is 0 Å². The number of hydrogen-bond donors (Lipinski definition) is 1. The number of nitrogens with zero attached hydrogens (tertiary/aromatic N) is 2. The minimum atomic E-state index is 0.125. The van der Waals surface area contributed by atoms with Gasteiger partial charge in [-0.25, -0.2) is 0 Å². The van der Waals surface area contributed by atoms with Crippen LogP contribution in [0.1, 0.15) is 43.2 Å². The largest absolute Gasteiger partial charge is 0.309 e. The van der Waals surface area contributed by atoms with Crippen molar-refractivity contribution in [2.75, 3.05) is 5.32 Å². The van der Waals surface area contributed by atoms with Gasteiger partial charge in [-0.15, -0.1) is 0 Å². The van der Waals surface area contributed by atoms with Gasteiger partial charge >= 0.3 is 0 Å². The van der Waals surface area contributed by atoms with Gasteiger partial charge in [-0.05, 0) is 25.3 Å². The van der Waals surface area contributed by atoms with E-state index in [1.807, 2.05) is 16.9 Å². The zero-order valence-electron chi connectivity index (χ0n) is 13.1. The van der Waals surface area contributed by atoms with Gasteiger partial charge < -0.3 is 5.32 Å². The Labute approximate surface area is 131 Å². The van der Waals surface area contributed by atoms with Crippen molar-refractivity contribution in [1.82, 2.24) is 9.78 Å². The molecule has 1 saturated carbocycles. The first-order chi connectivity index (χ1) is 10.7. The third-order valence-corrected chi connectivity index (χ3v) is 4.29. The molecule has 0 radical (unpaired) electrons. The predicted molar refractivity (Wildman–Crippen MR) is 87.7 cm³/mol. The Balaban J connectivity index is 1.60. The molecule has 0 saturated heterocycles. The quantitative estimate of drug-likeness (QED) is 0.934. The monoisotopic (exact) mass is 297 g/mol. The van der Waals surface area contributed by atoms with E-state index in [0.717, 1.165) is 19.4 Å². The third-order valence-electron chi connectivity index (χ3n) is 4.29. The normalized spacial score (nSPS) is 15.7. The van der Waals surface area contributed by atoms with Crippen LogP contribution in [0.5, 0.6) is 0 Å².